The Balaban J connectivity index is 1.55. The second kappa shape index (κ2) is 5.57. The van der Waals surface area contributed by atoms with Crippen molar-refractivity contribution in [1.82, 2.24) is 20.1 Å². The summed E-state index contributed by atoms with van der Waals surface area (Å²) >= 11 is 0. The number of alkyl halides is 3. The summed E-state index contributed by atoms with van der Waals surface area (Å²) in [5.41, 5.74) is 1.39. The molecule has 1 amide bonds. The minimum Gasteiger partial charge on any atom is -0.338 e. The summed E-state index contributed by atoms with van der Waals surface area (Å²) in [5, 5.41) is 7.19. The number of hydrogen-bond donors (Lipinski definition) is 1. The summed E-state index contributed by atoms with van der Waals surface area (Å²) in [7, 11) is 0. The number of aromatic nitrogens is 3. The van der Waals surface area contributed by atoms with E-state index in [1.165, 1.54) is 11.6 Å². The first-order chi connectivity index (χ1) is 11.9. The average molecular weight is 350 g/mol. The van der Waals surface area contributed by atoms with Gasteiger partial charge in [0, 0.05) is 30.4 Å². The molecule has 1 aliphatic heterocycles. The molecule has 25 heavy (non-hydrogen) atoms. The zero-order valence-corrected chi connectivity index (χ0v) is 13.4. The van der Waals surface area contributed by atoms with Gasteiger partial charge in [-0.15, -0.1) is 0 Å². The lowest BCUT2D eigenvalue weighted by Crippen LogP contribution is -2.47. The summed E-state index contributed by atoms with van der Waals surface area (Å²) in [6.07, 6.45) is 2.10. The van der Waals surface area contributed by atoms with E-state index in [1.807, 2.05) is 6.20 Å². The number of aromatic amines is 1. The molecular formula is C17H17F3N4O. The van der Waals surface area contributed by atoms with Crippen molar-refractivity contribution in [2.45, 2.75) is 37.3 Å². The largest absolute Gasteiger partial charge is 0.433 e. The third-order valence-corrected chi connectivity index (χ3v) is 5.29. The second-order valence-electron chi connectivity index (χ2n) is 6.81. The molecule has 132 valence electrons. The summed E-state index contributed by atoms with van der Waals surface area (Å²) in [6, 6.07) is 2.06. The van der Waals surface area contributed by atoms with E-state index >= 15 is 0 Å². The van der Waals surface area contributed by atoms with Crippen LogP contribution in [0.25, 0.3) is 0 Å². The van der Waals surface area contributed by atoms with Crippen LogP contribution in [0, 0.1) is 0 Å². The number of hydrogen-bond acceptors (Lipinski definition) is 3. The highest BCUT2D eigenvalue weighted by atomic mass is 19.4. The zero-order valence-electron chi connectivity index (χ0n) is 13.4. The molecule has 0 saturated carbocycles. The van der Waals surface area contributed by atoms with Crippen LogP contribution in [0.4, 0.5) is 13.2 Å². The van der Waals surface area contributed by atoms with Gasteiger partial charge in [0.05, 0.1) is 11.8 Å². The van der Waals surface area contributed by atoms with Crippen LogP contribution < -0.4 is 0 Å². The maximum absolute atomic E-state index is 12.7. The topological polar surface area (TPSA) is 61.9 Å². The van der Waals surface area contributed by atoms with Crippen molar-refractivity contribution in [3.8, 4) is 0 Å². The number of nitrogens with one attached hydrogen (secondary N) is 1. The van der Waals surface area contributed by atoms with Crippen molar-refractivity contribution in [3.63, 3.8) is 0 Å². The predicted molar refractivity (Wildman–Crippen MR) is 83.0 cm³/mol. The summed E-state index contributed by atoms with van der Waals surface area (Å²) in [5.74, 6) is -0.270. The number of amides is 1. The Bertz CT molecular complexity index is 799. The van der Waals surface area contributed by atoms with E-state index in [4.69, 9.17) is 0 Å². The fourth-order valence-electron chi connectivity index (χ4n) is 4.04. The number of rotatable bonds is 1. The number of carbonyl (C=O) groups is 1. The molecule has 4 rings (SSSR count). The standard InChI is InChI=1S/C17H17F3N4O/c18-17(19,20)13-3-2-12(8-21-13)15(25)24-7-1-5-16(10-24)6-4-11-9-22-23-14(11)16/h2-3,8-9H,1,4-7,10H2,(H,22,23). The van der Waals surface area contributed by atoms with Crippen LogP contribution in [-0.2, 0) is 18.0 Å². The molecule has 1 spiro atoms. The van der Waals surface area contributed by atoms with Gasteiger partial charge in [-0.2, -0.15) is 18.3 Å². The number of piperidine rings is 1. The van der Waals surface area contributed by atoms with Gasteiger partial charge in [-0.3, -0.25) is 14.9 Å². The van der Waals surface area contributed by atoms with Gasteiger partial charge in [-0.1, -0.05) is 0 Å². The van der Waals surface area contributed by atoms with Crippen LogP contribution in [-0.4, -0.2) is 39.1 Å². The molecule has 3 heterocycles. The third kappa shape index (κ3) is 2.69. The number of nitrogens with zero attached hydrogens (tertiary/aromatic N) is 3. The van der Waals surface area contributed by atoms with Gasteiger partial charge in [-0.05, 0) is 43.4 Å². The van der Waals surface area contributed by atoms with Gasteiger partial charge in [0.25, 0.3) is 5.91 Å². The highest BCUT2D eigenvalue weighted by Crippen LogP contribution is 2.44. The molecule has 8 heteroatoms. The molecule has 1 aliphatic carbocycles. The van der Waals surface area contributed by atoms with E-state index in [1.54, 1.807) is 4.90 Å². The molecule has 1 fully saturated rings. The minimum atomic E-state index is -4.50. The first kappa shape index (κ1) is 16.1. The van der Waals surface area contributed by atoms with E-state index in [0.717, 1.165) is 43.6 Å². The number of pyridine rings is 1. The lowest BCUT2D eigenvalue weighted by molar-refractivity contribution is -0.141. The molecule has 1 unspecified atom stereocenters. The SMILES string of the molecule is O=C(c1ccc(C(F)(F)F)nc1)N1CCCC2(CCc3cn[nH]c32)C1. The predicted octanol–water partition coefficient (Wildman–Crippen LogP) is 2.94. The number of likely N-dealkylation sites (tertiary alicyclic amines) is 1. The minimum absolute atomic E-state index is 0.112. The van der Waals surface area contributed by atoms with Gasteiger partial charge < -0.3 is 4.90 Å². The van der Waals surface area contributed by atoms with Crippen LogP contribution >= 0.6 is 0 Å². The molecule has 1 saturated heterocycles. The summed E-state index contributed by atoms with van der Waals surface area (Å²) in [6.45, 7) is 1.16. The smallest absolute Gasteiger partial charge is 0.338 e. The van der Waals surface area contributed by atoms with Crippen molar-refractivity contribution in [2.75, 3.05) is 13.1 Å². The molecular weight excluding hydrogens is 333 g/mol. The average Bonchev–Trinajstić information content (AvgIpc) is 3.19. The van der Waals surface area contributed by atoms with E-state index in [0.29, 0.717) is 13.1 Å². The Morgan fingerprint density at radius 3 is 2.80 bits per heavy atom. The molecule has 1 atom stereocenters. The Hall–Kier alpha value is -2.38. The van der Waals surface area contributed by atoms with E-state index in [9.17, 15) is 18.0 Å². The van der Waals surface area contributed by atoms with Gasteiger partial charge in [0.15, 0.2) is 0 Å². The van der Waals surface area contributed by atoms with Crippen LogP contribution in [0.15, 0.2) is 24.5 Å². The molecule has 0 radical (unpaired) electrons. The maximum Gasteiger partial charge on any atom is 0.433 e. The zero-order chi connectivity index (χ0) is 17.7. The highest BCUT2D eigenvalue weighted by Gasteiger charge is 2.44. The first-order valence-corrected chi connectivity index (χ1v) is 8.24. The molecule has 0 aromatic carbocycles. The molecule has 0 bridgehead atoms. The molecule has 2 aromatic heterocycles. The van der Waals surface area contributed by atoms with Crippen molar-refractivity contribution in [2.24, 2.45) is 0 Å². The lowest BCUT2D eigenvalue weighted by Gasteiger charge is -2.40. The van der Waals surface area contributed by atoms with Crippen molar-refractivity contribution in [1.29, 1.82) is 0 Å². The number of H-pyrrole nitrogens is 1. The quantitative estimate of drug-likeness (QED) is 0.860. The van der Waals surface area contributed by atoms with Crippen LogP contribution in [0.2, 0.25) is 0 Å². The second-order valence-corrected chi connectivity index (χ2v) is 6.81. The Kier molecular flexibility index (Phi) is 3.59. The van der Waals surface area contributed by atoms with E-state index in [2.05, 4.69) is 15.2 Å². The van der Waals surface area contributed by atoms with Crippen molar-refractivity contribution >= 4 is 5.91 Å². The Morgan fingerprint density at radius 2 is 2.08 bits per heavy atom. The molecule has 2 aromatic rings. The Morgan fingerprint density at radius 1 is 1.24 bits per heavy atom. The molecule has 5 nitrogen and oxygen atoms in total. The summed E-state index contributed by atoms with van der Waals surface area (Å²) < 4.78 is 37.9. The van der Waals surface area contributed by atoms with E-state index < -0.39 is 11.9 Å². The van der Waals surface area contributed by atoms with Gasteiger partial charge in [0.2, 0.25) is 0 Å². The third-order valence-electron chi connectivity index (χ3n) is 5.29. The van der Waals surface area contributed by atoms with Gasteiger partial charge >= 0.3 is 6.18 Å². The lowest BCUT2D eigenvalue weighted by atomic mass is 9.77. The highest BCUT2D eigenvalue weighted by molar-refractivity contribution is 5.94. The van der Waals surface area contributed by atoms with Crippen LogP contribution in [0.5, 0.6) is 0 Å². The number of aryl methyl sites for hydroxylation is 1. The normalized spacial score (nSPS) is 23.1. The maximum atomic E-state index is 12.7. The van der Waals surface area contributed by atoms with Crippen LogP contribution in [0.3, 0.4) is 0 Å². The number of fused-ring (bicyclic) bond motifs is 2. The van der Waals surface area contributed by atoms with E-state index in [-0.39, 0.29) is 16.9 Å². The molecule has 2 aliphatic rings. The van der Waals surface area contributed by atoms with Gasteiger partial charge in [-0.25, -0.2) is 0 Å². The van der Waals surface area contributed by atoms with Crippen molar-refractivity contribution < 1.29 is 18.0 Å². The van der Waals surface area contributed by atoms with Crippen molar-refractivity contribution in [3.05, 3.63) is 47.0 Å². The summed E-state index contributed by atoms with van der Waals surface area (Å²) in [4.78, 5) is 17.8. The fourth-order valence-corrected chi connectivity index (χ4v) is 4.04. The number of halogens is 3. The van der Waals surface area contributed by atoms with Crippen LogP contribution in [0.1, 0.15) is 46.6 Å². The number of carbonyl (C=O) groups excluding carboxylic acids is 1. The molecule has 1 N–H and O–H groups in total. The Labute approximate surface area is 142 Å². The fraction of sp³-hybridized carbons (Fsp3) is 0.471. The first-order valence-electron chi connectivity index (χ1n) is 8.24. The monoisotopic (exact) mass is 350 g/mol. The van der Waals surface area contributed by atoms with Gasteiger partial charge in [0.1, 0.15) is 5.69 Å².